The maximum Gasteiger partial charge on any atom is 0.312 e. The standard InChI is InChI=1S/C21H28N2O5/c1-3-27-18-10-8-17(9-11-18)23-13-15(12-19(23)24)21(26)28-14(2)20(25)22-16-6-4-5-7-16/h8-11,14-16H,3-7,12-13H2,1-2H3,(H,22,25). The Morgan fingerprint density at radius 2 is 1.89 bits per heavy atom. The Balaban J connectivity index is 1.53. The molecule has 7 heteroatoms. The second kappa shape index (κ2) is 9.08. The van der Waals surface area contributed by atoms with E-state index in [4.69, 9.17) is 9.47 Å². The van der Waals surface area contributed by atoms with E-state index in [0.717, 1.165) is 37.1 Å². The number of esters is 1. The first-order valence-corrected chi connectivity index (χ1v) is 10.0. The maximum absolute atomic E-state index is 12.5. The molecule has 1 aromatic rings. The molecule has 0 spiro atoms. The zero-order valence-corrected chi connectivity index (χ0v) is 16.5. The number of rotatable bonds is 7. The fourth-order valence-electron chi connectivity index (χ4n) is 3.72. The lowest BCUT2D eigenvalue weighted by Gasteiger charge is -2.19. The zero-order valence-electron chi connectivity index (χ0n) is 16.5. The molecule has 1 aliphatic carbocycles. The maximum atomic E-state index is 12.5. The first-order valence-electron chi connectivity index (χ1n) is 10.0. The topological polar surface area (TPSA) is 84.9 Å². The molecule has 7 nitrogen and oxygen atoms in total. The molecule has 28 heavy (non-hydrogen) atoms. The van der Waals surface area contributed by atoms with E-state index < -0.39 is 18.0 Å². The SMILES string of the molecule is CCOc1ccc(N2CC(C(=O)OC(C)C(=O)NC3CCCC3)CC2=O)cc1. The van der Waals surface area contributed by atoms with Gasteiger partial charge in [0, 0.05) is 24.7 Å². The summed E-state index contributed by atoms with van der Waals surface area (Å²) < 4.78 is 10.7. The second-order valence-electron chi connectivity index (χ2n) is 7.40. The van der Waals surface area contributed by atoms with Gasteiger partial charge in [0.25, 0.3) is 5.91 Å². The number of amides is 2. The van der Waals surface area contributed by atoms with Gasteiger partial charge < -0.3 is 19.7 Å². The predicted octanol–water partition coefficient (Wildman–Crippen LogP) is 2.43. The lowest BCUT2D eigenvalue weighted by molar-refractivity contribution is -0.158. The fraction of sp³-hybridized carbons (Fsp3) is 0.571. The minimum absolute atomic E-state index is 0.0863. The minimum atomic E-state index is -0.859. The van der Waals surface area contributed by atoms with Gasteiger partial charge in [0.05, 0.1) is 12.5 Å². The molecule has 2 unspecified atom stereocenters. The molecular formula is C21H28N2O5. The number of hydrogen-bond acceptors (Lipinski definition) is 5. The van der Waals surface area contributed by atoms with Gasteiger partial charge in [-0.3, -0.25) is 14.4 Å². The van der Waals surface area contributed by atoms with Gasteiger partial charge in [-0.25, -0.2) is 0 Å². The number of carbonyl (C=O) groups is 3. The van der Waals surface area contributed by atoms with Crippen molar-refractivity contribution in [3.8, 4) is 5.75 Å². The summed E-state index contributed by atoms with van der Waals surface area (Å²) in [6.45, 7) is 4.30. The van der Waals surface area contributed by atoms with Crippen LogP contribution in [0.4, 0.5) is 5.69 Å². The van der Waals surface area contributed by atoms with Gasteiger partial charge >= 0.3 is 5.97 Å². The Labute approximate surface area is 165 Å². The fourth-order valence-corrected chi connectivity index (χ4v) is 3.72. The highest BCUT2D eigenvalue weighted by Crippen LogP contribution is 2.28. The lowest BCUT2D eigenvalue weighted by Crippen LogP contribution is -2.41. The van der Waals surface area contributed by atoms with Crippen LogP contribution >= 0.6 is 0 Å². The molecule has 1 N–H and O–H groups in total. The summed E-state index contributed by atoms with van der Waals surface area (Å²) in [6, 6.07) is 7.38. The van der Waals surface area contributed by atoms with Crippen LogP contribution < -0.4 is 15.0 Å². The van der Waals surface area contributed by atoms with E-state index in [9.17, 15) is 14.4 Å². The van der Waals surface area contributed by atoms with Crippen LogP contribution in [0.5, 0.6) is 5.75 Å². The third kappa shape index (κ3) is 4.82. The van der Waals surface area contributed by atoms with E-state index in [2.05, 4.69) is 5.32 Å². The van der Waals surface area contributed by atoms with Crippen LogP contribution in [-0.4, -0.2) is 43.1 Å². The van der Waals surface area contributed by atoms with Crippen molar-refractivity contribution in [3.63, 3.8) is 0 Å². The first-order chi connectivity index (χ1) is 13.5. The Morgan fingerprint density at radius 1 is 1.21 bits per heavy atom. The molecule has 1 saturated carbocycles. The van der Waals surface area contributed by atoms with E-state index in [0.29, 0.717) is 6.61 Å². The molecule has 0 bridgehead atoms. The van der Waals surface area contributed by atoms with Crippen molar-refractivity contribution in [1.29, 1.82) is 0 Å². The van der Waals surface area contributed by atoms with Crippen LogP contribution in [0.3, 0.4) is 0 Å². The quantitative estimate of drug-likeness (QED) is 0.725. The highest BCUT2D eigenvalue weighted by molar-refractivity contribution is 5.99. The van der Waals surface area contributed by atoms with Crippen molar-refractivity contribution in [1.82, 2.24) is 5.32 Å². The highest BCUT2D eigenvalue weighted by atomic mass is 16.5. The molecule has 1 aromatic carbocycles. The van der Waals surface area contributed by atoms with Gasteiger partial charge in [0.15, 0.2) is 6.10 Å². The van der Waals surface area contributed by atoms with Crippen LogP contribution in [-0.2, 0) is 19.1 Å². The molecule has 1 heterocycles. The smallest absolute Gasteiger partial charge is 0.312 e. The molecule has 3 rings (SSSR count). The average molecular weight is 388 g/mol. The van der Waals surface area contributed by atoms with Crippen molar-refractivity contribution in [3.05, 3.63) is 24.3 Å². The number of hydrogen-bond donors (Lipinski definition) is 1. The molecule has 1 aliphatic heterocycles. The summed E-state index contributed by atoms with van der Waals surface area (Å²) in [5, 5.41) is 2.93. The van der Waals surface area contributed by atoms with E-state index in [-0.39, 0.29) is 30.8 Å². The van der Waals surface area contributed by atoms with E-state index in [1.807, 2.05) is 6.92 Å². The summed E-state index contributed by atoms with van der Waals surface area (Å²) in [7, 11) is 0. The van der Waals surface area contributed by atoms with E-state index in [1.54, 1.807) is 36.1 Å². The van der Waals surface area contributed by atoms with Crippen LogP contribution in [0.1, 0.15) is 46.0 Å². The molecule has 2 atom stereocenters. The average Bonchev–Trinajstić information content (AvgIpc) is 3.32. The largest absolute Gasteiger partial charge is 0.494 e. The normalized spacial score (nSPS) is 20.9. The van der Waals surface area contributed by atoms with Gasteiger partial charge in [-0.15, -0.1) is 0 Å². The summed E-state index contributed by atoms with van der Waals surface area (Å²) in [6.07, 6.45) is 3.40. The number of benzene rings is 1. The monoisotopic (exact) mass is 388 g/mol. The summed E-state index contributed by atoms with van der Waals surface area (Å²) >= 11 is 0. The van der Waals surface area contributed by atoms with Crippen molar-refractivity contribution < 1.29 is 23.9 Å². The number of anilines is 1. The third-order valence-electron chi connectivity index (χ3n) is 5.28. The van der Waals surface area contributed by atoms with Crippen LogP contribution in [0, 0.1) is 5.92 Å². The molecule has 152 valence electrons. The molecule has 1 saturated heterocycles. The molecule has 2 fully saturated rings. The zero-order chi connectivity index (χ0) is 20.1. The number of nitrogens with zero attached hydrogens (tertiary/aromatic N) is 1. The van der Waals surface area contributed by atoms with Gasteiger partial charge in [0.1, 0.15) is 5.75 Å². The third-order valence-corrected chi connectivity index (χ3v) is 5.28. The minimum Gasteiger partial charge on any atom is -0.494 e. The van der Waals surface area contributed by atoms with Gasteiger partial charge in [-0.05, 0) is 51.0 Å². The van der Waals surface area contributed by atoms with Crippen molar-refractivity contribution in [2.24, 2.45) is 5.92 Å². The van der Waals surface area contributed by atoms with Crippen molar-refractivity contribution in [2.45, 2.75) is 58.1 Å². The van der Waals surface area contributed by atoms with Gasteiger partial charge in [-0.1, -0.05) is 12.8 Å². The Kier molecular flexibility index (Phi) is 6.54. The van der Waals surface area contributed by atoms with Crippen molar-refractivity contribution >= 4 is 23.5 Å². The molecule has 2 aliphatic rings. The lowest BCUT2D eigenvalue weighted by atomic mass is 10.1. The van der Waals surface area contributed by atoms with E-state index in [1.165, 1.54) is 0 Å². The van der Waals surface area contributed by atoms with Crippen LogP contribution in [0.2, 0.25) is 0 Å². The Bertz CT molecular complexity index is 712. The molecule has 0 radical (unpaired) electrons. The molecular weight excluding hydrogens is 360 g/mol. The van der Waals surface area contributed by atoms with Gasteiger partial charge in [-0.2, -0.15) is 0 Å². The number of ether oxygens (including phenoxy) is 2. The van der Waals surface area contributed by atoms with E-state index >= 15 is 0 Å². The van der Waals surface area contributed by atoms with Crippen molar-refractivity contribution in [2.75, 3.05) is 18.1 Å². The number of carbonyl (C=O) groups excluding carboxylic acids is 3. The van der Waals surface area contributed by atoms with Crippen LogP contribution in [0.15, 0.2) is 24.3 Å². The predicted molar refractivity (Wildman–Crippen MR) is 104 cm³/mol. The molecule has 2 amide bonds. The highest BCUT2D eigenvalue weighted by Gasteiger charge is 2.37. The Hall–Kier alpha value is -2.57. The Morgan fingerprint density at radius 3 is 2.54 bits per heavy atom. The van der Waals surface area contributed by atoms with Gasteiger partial charge in [0.2, 0.25) is 5.91 Å². The summed E-state index contributed by atoms with van der Waals surface area (Å²) in [5.41, 5.74) is 0.718. The van der Waals surface area contributed by atoms with Crippen LogP contribution in [0.25, 0.3) is 0 Å². The number of nitrogens with one attached hydrogen (secondary N) is 1. The first kappa shape index (κ1) is 20.2. The summed E-state index contributed by atoms with van der Waals surface area (Å²) in [4.78, 5) is 38.6. The summed E-state index contributed by atoms with van der Waals surface area (Å²) in [5.74, 6) is -0.741. The second-order valence-corrected chi connectivity index (χ2v) is 7.40. The molecule has 0 aromatic heterocycles.